The van der Waals surface area contributed by atoms with Gasteiger partial charge in [-0.05, 0) is 54.8 Å². The Morgan fingerprint density at radius 3 is 2.38 bits per heavy atom. The van der Waals surface area contributed by atoms with E-state index in [1.807, 2.05) is 12.1 Å². The normalized spacial score (nSPS) is 15.3. The van der Waals surface area contributed by atoms with E-state index in [0.717, 1.165) is 28.7 Å². The van der Waals surface area contributed by atoms with Crippen LogP contribution in [0, 0.1) is 5.82 Å². The van der Waals surface area contributed by atoms with Gasteiger partial charge >= 0.3 is 0 Å². The summed E-state index contributed by atoms with van der Waals surface area (Å²) in [5.41, 5.74) is 2.49. The first-order chi connectivity index (χ1) is 12.7. The van der Waals surface area contributed by atoms with E-state index in [9.17, 15) is 4.39 Å². The average Bonchev–Trinajstić information content (AvgIpc) is 3.35. The van der Waals surface area contributed by atoms with Crippen molar-refractivity contribution >= 4 is 21.7 Å². The van der Waals surface area contributed by atoms with Crippen molar-refractivity contribution in [2.24, 2.45) is 0 Å². The van der Waals surface area contributed by atoms with Crippen LogP contribution in [0.15, 0.2) is 59.2 Å². The number of aromatic nitrogens is 5. The quantitative estimate of drug-likeness (QED) is 0.509. The van der Waals surface area contributed by atoms with Gasteiger partial charge in [-0.1, -0.05) is 28.1 Å². The van der Waals surface area contributed by atoms with Gasteiger partial charge in [0.1, 0.15) is 11.5 Å². The number of fused-ring (bicyclic) bond motifs is 1. The predicted octanol–water partition coefficient (Wildman–Crippen LogP) is 4.17. The summed E-state index contributed by atoms with van der Waals surface area (Å²) in [6, 6.07) is 14.5. The van der Waals surface area contributed by atoms with E-state index in [0.29, 0.717) is 11.5 Å². The van der Waals surface area contributed by atoms with Crippen LogP contribution >= 0.6 is 15.9 Å². The molecule has 1 fully saturated rings. The molecule has 1 aliphatic carbocycles. The molecule has 1 aliphatic rings. The van der Waals surface area contributed by atoms with Crippen LogP contribution < -0.4 is 0 Å². The summed E-state index contributed by atoms with van der Waals surface area (Å²) >= 11 is 3.48. The number of hydrogen-bond donors (Lipinski definition) is 0. The number of benzene rings is 2. The van der Waals surface area contributed by atoms with E-state index in [4.69, 9.17) is 0 Å². The molecule has 7 heteroatoms. The van der Waals surface area contributed by atoms with E-state index in [1.165, 1.54) is 17.7 Å². The lowest BCUT2D eigenvalue weighted by atomic mass is 9.95. The lowest BCUT2D eigenvalue weighted by Crippen LogP contribution is -2.15. The van der Waals surface area contributed by atoms with Crippen molar-refractivity contribution in [3.05, 3.63) is 76.4 Å². The first kappa shape index (κ1) is 15.6. The maximum absolute atomic E-state index is 13.2. The van der Waals surface area contributed by atoms with E-state index in [2.05, 4.69) is 48.3 Å². The second kappa shape index (κ2) is 5.67. The Morgan fingerprint density at radius 2 is 1.69 bits per heavy atom. The topological polar surface area (TPSA) is 56.0 Å². The zero-order valence-corrected chi connectivity index (χ0v) is 15.2. The third-order valence-corrected chi connectivity index (χ3v) is 5.38. The molecule has 2 heterocycles. The van der Waals surface area contributed by atoms with Crippen molar-refractivity contribution < 1.29 is 4.39 Å². The van der Waals surface area contributed by atoms with E-state index >= 15 is 0 Å². The highest BCUT2D eigenvalue weighted by atomic mass is 79.9. The lowest BCUT2D eigenvalue weighted by Gasteiger charge is -2.13. The second-order valence-electron chi connectivity index (χ2n) is 6.47. The van der Waals surface area contributed by atoms with Gasteiger partial charge in [0.2, 0.25) is 0 Å². The van der Waals surface area contributed by atoms with Crippen LogP contribution in [0.5, 0.6) is 0 Å². The molecule has 0 unspecified atom stereocenters. The monoisotopic (exact) mass is 409 g/mol. The summed E-state index contributed by atoms with van der Waals surface area (Å²) in [4.78, 5) is 4.38. The summed E-state index contributed by atoms with van der Waals surface area (Å²) in [5.74, 6) is 0.987. The van der Waals surface area contributed by atoms with Gasteiger partial charge in [0.25, 0.3) is 5.78 Å². The Kier molecular flexibility index (Phi) is 3.40. The SMILES string of the molecule is Fc1ccc(-c2cnc3nnc(C4(c5ccc(Br)cc5)CC4)n3n2)cc1. The van der Waals surface area contributed by atoms with Crippen molar-refractivity contribution in [1.29, 1.82) is 0 Å². The van der Waals surface area contributed by atoms with Gasteiger partial charge in [-0.3, -0.25) is 0 Å². The van der Waals surface area contributed by atoms with E-state index in [-0.39, 0.29) is 11.2 Å². The van der Waals surface area contributed by atoms with E-state index < -0.39 is 0 Å². The third kappa shape index (κ3) is 2.42. The molecular formula is C19H13BrFN5. The van der Waals surface area contributed by atoms with Gasteiger partial charge in [-0.25, -0.2) is 9.37 Å². The van der Waals surface area contributed by atoms with Crippen LogP contribution in [-0.2, 0) is 5.41 Å². The maximum Gasteiger partial charge on any atom is 0.271 e. The molecule has 26 heavy (non-hydrogen) atoms. The first-order valence-corrected chi connectivity index (χ1v) is 9.06. The summed E-state index contributed by atoms with van der Waals surface area (Å²) < 4.78 is 15.9. The highest BCUT2D eigenvalue weighted by molar-refractivity contribution is 9.10. The molecule has 2 aromatic carbocycles. The van der Waals surface area contributed by atoms with Crippen molar-refractivity contribution in [3.63, 3.8) is 0 Å². The van der Waals surface area contributed by atoms with Crippen LogP contribution in [0.1, 0.15) is 24.2 Å². The zero-order valence-electron chi connectivity index (χ0n) is 13.6. The Balaban J connectivity index is 1.63. The largest absolute Gasteiger partial charge is 0.271 e. The summed E-state index contributed by atoms with van der Waals surface area (Å²) in [6.07, 6.45) is 3.63. The Labute approximate surface area is 157 Å². The number of halogens is 2. The van der Waals surface area contributed by atoms with Crippen LogP contribution in [0.25, 0.3) is 17.0 Å². The summed E-state index contributed by atoms with van der Waals surface area (Å²) in [6.45, 7) is 0. The van der Waals surface area contributed by atoms with Crippen molar-refractivity contribution in [2.75, 3.05) is 0 Å². The molecule has 128 valence electrons. The Morgan fingerprint density at radius 1 is 0.962 bits per heavy atom. The fraction of sp³-hybridized carbons (Fsp3) is 0.158. The fourth-order valence-corrected chi connectivity index (χ4v) is 3.55. The second-order valence-corrected chi connectivity index (χ2v) is 7.39. The maximum atomic E-state index is 13.2. The molecule has 4 aromatic rings. The van der Waals surface area contributed by atoms with Crippen LogP contribution in [0.2, 0.25) is 0 Å². The minimum absolute atomic E-state index is 0.170. The van der Waals surface area contributed by atoms with Crippen molar-refractivity contribution in [2.45, 2.75) is 18.3 Å². The van der Waals surface area contributed by atoms with Gasteiger partial charge in [0.15, 0.2) is 5.82 Å². The predicted molar refractivity (Wildman–Crippen MR) is 98.1 cm³/mol. The Bertz CT molecular complexity index is 1100. The summed E-state index contributed by atoms with van der Waals surface area (Å²) in [5, 5.41) is 13.3. The minimum atomic E-state index is -0.278. The fourth-order valence-electron chi connectivity index (χ4n) is 3.28. The van der Waals surface area contributed by atoms with E-state index in [1.54, 1.807) is 22.8 Å². The number of hydrogen-bond acceptors (Lipinski definition) is 4. The average molecular weight is 410 g/mol. The van der Waals surface area contributed by atoms with Gasteiger partial charge in [-0.2, -0.15) is 9.61 Å². The molecule has 0 bridgehead atoms. The van der Waals surface area contributed by atoms with Gasteiger partial charge in [0.05, 0.1) is 11.6 Å². The molecule has 0 radical (unpaired) electrons. The molecule has 0 spiro atoms. The van der Waals surface area contributed by atoms with Crippen molar-refractivity contribution in [1.82, 2.24) is 24.8 Å². The van der Waals surface area contributed by atoms with Crippen LogP contribution in [0.4, 0.5) is 4.39 Å². The molecule has 1 saturated carbocycles. The molecule has 0 saturated heterocycles. The number of rotatable bonds is 3. The summed E-state index contributed by atoms with van der Waals surface area (Å²) in [7, 11) is 0. The lowest BCUT2D eigenvalue weighted by molar-refractivity contribution is 0.628. The molecule has 0 amide bonds. The molecule has 0 N–H and O–H groups in total. The molecule has 2 aromatic heterocycles. The van der Waals surface area contributed by atoms with Crippen LogP contribution in [-0.4, -0.2) is 24.8 Å². The van der Waals surface area contributed by atoms with Gasteiger partial charge < -0.3 is 0 Å². The smallest absolute Gasteiger partial charge is 0.216 e. The standard InChI is InChI=1S/C19H13BrFN5/c20-14-5-3-13(4-6-14)19(9-10-19)17-23-24-18-22-11-16(25-26(17)18)12-1-7-15(21)8-2-12/h1-8,11H,9-10H2. The molecule has 5 nitrogen and oxygen atoms in total. The number of nitrogens with zero attached hydrogens (tertiary/aromatic N) is 5. The Hall–Kier alpha value is -2.67. The molecule has 0 atom stereocenters. The van der Waals surface area contributed by atoms with Crippen LogP contribution in [0.3, 0.4) is 0 Å². The highest BCUT2D eigenvalue weighted by Gasteiger charge is 2.50. The molecular weight excluding hydrogens is 397 g/mol. The van der Waals surface area contributed by atoms with Gasteiger partial charge in [0, 0.05) is 10.0 Å². The molecule has 5 rings (SSSR count). The first-order valence-electron chi connectivity index (χ1n) is 8.27. The van der Waals surface area contributed by atoms with Gasteiger partial charge in [-0.15, -0.1) is 10.2 Å². The minimum Gasteiger partial charge on any atom is -0.216 e. The van der Waals surface area contributed by atoms with Crippen molar-refractivity contribution in [3.8, 4) is 11.3 Å². The zero-order chi connectivity index (χ0) is 17.7. The molecule has 0 aliphatic heterocycles. The highest BCUT2D eigenvalue weighted by Crippen LogP contribution is 2.52. The third-order valence-electron chi connectivity index (χ3n) is 4.85.